The van der Waals surface area contributed by atoms with Crippen LogP contribution in [0.4, 0.5) is 8.78 Å². The van der Waals surface area contributed by atoms with Crippen LogP contribution in [0.25, 0.3) is 0 Å². The van der Waals surface area contributed by atoms with Crippen molar-refractivity contribution in [2.45, 2.75) is 34.7 Å². The second kappa shape index (κ2) is 11.3. The van der Waals surface area contributed by atoms with Crippen LogP contribution >= 0.6 is 11.8 Å². The Bertz CT molecular complexity index is 2000. The molecule has 3 aromatic carbocycles. The summed E-state index contributed by atoms with van der Waals surface area (Å²) in [5, 5.41) is 1.80. The number of aromatic nitrogens is 1. The molecule has 7 rings (SSSR count). The van der Waals surface area contributed by atoms with Gasteiger partial charge in [-0.2, -0.15) is 0 Å². The number of benzene rings is 3. The number of thioether (sulfide) groups is 1. The van der Waals surface area contributed by atoms with E-state index in [1.54, 1.807) is 28.1 Å². The number of carbonyl (C=O) groups is 1. The number of hydrogen-bond acceptors (Lipinski definition) is 8. The van der Waals surface area contributed by atoms with Crippen LogP contribution in [0.5, 0.6) is 5.75 Å². The molecule has 0 saturated carbocycles. The second-order valence-corrected chi connectivity index (χ2v) is 13.9. The average molecular weight is 652 g/mol. The monoisotopic (exact) mass is 651 g/mol. The molecule has 1 aromatic heterocycles. The van der Waals surface area contributed by atoms with Gasteiger partial charge < -0.3 is 14.4 Å². The number of ether oxygens (including phenoxy) is 2. The molecule has 0 radical (unpaired) electrons. The molecular weight excluding hydrogens is 624 g/mol. The van der Waals surface area contributed by atoms with Crippen molar-refractivity contribution >= 4 is 27.5 Å². The zero-order chi connectivity index (χ0) is 31.5. The molecule has 4 aromatic rings. The summed E-state index contributed by atoms with van der Waals surface area (Å²) in [5.41, 5.74) is 1.48. The average Bonchev–Trinajstić information content (AvgIpc) is 3.20. The van der Waals surface area contributed by atoms with Crippen molar-refractivity contribution in [2.75, 3.05) is 30.7 Å². The number of rotatable bonds is 5. The van der Waals surface area contributed by atoms with E-state index in [-0.39, 0.29) is 41.7 Å². The Morgan fingerprint density at radius 2 is 1.78 bits per heavy atom. The smallest absolute Gasteiger partial charge is 0.278 e. The van der Waals surface area contributed by atoms with Crippen molar-refractivity contribution < 1.29 is 31.5 Å². The Labute approximate surface area is 261 Å². The van der Waals surface area contributed by atoms with E-state index in [2.05, 4.69) is 0 Å². The van der Waals surface area contributed by atoms with E-state index in [1.165, 1.54) is 40.8 Å². The van der Waals surface area contributed by atoms with Gasteiger partial charge >= 0.3 is 0 Å². The Morgan fingerprint density at radius 1 is 1.00 bits per heavy atom. The molecule has 1 fully saturated rings. The van der Waals surface area contributed by atoms with Crippen LogP contribution in [-0.2, 0) is 20.3 Å². The van der Waals surface area contributed by atoms with Crippen LogP contribution in [0.1, 0.15) is 38.8 Å². The van der Waals surface area contributed by atoms with Crippen molar-refractivity contribution in [1.29, 1.82) is 0 Å². The predicted molar refractivity (Wildman–Crippen MR) is 163 cm³/mol. The summed E-state index contributed by atoms with van der Waals surface area (Å²) in [5.74, 6) is -3.58. The fourth-order valence-electron chi connectivity index (χ4n) is 6.06. The number of carbonyl (C=O) groups excluding carboxylic acids is 1. The summed E-state index contributed by atoms with van der Waals surface area (Å²) >= 11 is 1.37. The molecule has 0 bridgehead atoms. The number of fused-ring (bicyclic) bond motifs is 4. The van der Waals surface area contributed by atoms with Gasteiger partial charge in [-0.1, -0.05) is 42.0 Å². The Hall–Kier alpha value is -4.20. The fraction of sp³-hybridized carbons (Fsp3) is 0.250. The Morgan fingerprint density at radius 3 is 2.58 bits per heavy atom. The fourth-order valence-corrected chi connectivity index (χ4v) is 8.13. The van der Waals surface area contributed by atoms with Gasteiger partial charge in [0.15, 0.2) is 29.0 Å². The van der Waals surface area contributed by atoms with Crippen LogP contribution in [0.2, 0.25) is 0 Å². The lowest BCUT2D eigenvalue weighted by atomic mass is 9.93. The van der Waals surface area contributed by atoms with Crippen LogP contribution in [-0.4, -0.2) is 55.8 Å². The first-order valence-corrected chi connectivity index (χ1v) is 16.8. The molecule has 0 spiro atoms. The lowest BCUT2D eigenvalue weighted by molar-refractivity contribution is -0.0198. The van der Waals surface area contributed by atoms with Gasteiger partial charge in [0, 0.05) is 35.0 Å². The largest absolute Gasteiger partial charge is 0.471 e. The third-order valence-electron chi connectivity index (χ3n) is 8.27. The predicted octanol–water partition coefficient (Wildman–Crippen LogP) is 4.39. The lowest BCUT2D eigenvalue weighted by Gasteiger charge is -2.51. The van der Waals surface area contributed by atoms with E-state index in [0.29, 0.717) is 5.56 Å². The Balaban J connectivity index is 1.41. The summed E-state index contributed by atoms with van der Waals surface area (Å²) in [6.07, 6.45) is 0.718. The molecule has 3 aliphatic heterocycles. The first-order chi connectivity index (χ1) is 21.7. The summed E-state index contributed by atoms with van der Waals surface area (Å²) in [6.45, 7) is 2.34. The van der Waals surface area contributed by atoms with Gasteiger partial charge in [0.05, 0.1) is 24.2 Å². The molecule has 13 heteroatoms. The summed E-state index contributed by atoms with van der Waals surface area (Å²) in [6, 6.07) is 16.8. The van der Waals surface area contributed by atoms with Gasteiger partial charge in [-0.05, 0) is 42.3 Å². The molecule has 3 aliphatic rings. The van der Waals surface area contributed by atoms with Gasteiger partial charge in [-0.3, -0.25) is 19.3 Å². The lowest BCUT2D eigenvalue weighted by Crippen LogP contribution is -2.66. The molecular formula is C32H27F2N3O6S2. The van der Waals surface area contributed by atoms with Crippen LogP contribution in [0.15, 0.2) is 87.5 Å². The minimum absolute atomic E-state index is 0.0117. The summed E-state index contributed by atoms with van der Waals surface area (Å²) in [4.78, 5) is 29.7. The minimum Gasteiger partial charge on any atom is -0.471 e. The van der Waals surface area contributed by atoms with Gasteiger partial charge in [0.2, 0.25) is 15.3 Å². The van der Waals surface area contributed by atoms with Crippen molar-refractivity contribution in [2.24, 2.45) is 0 Å². The number of morpholine rings is 1. The molecule has 4 heterocycles. The number of sulfone groups is 1. The number of pyridine rings is 1. The maximum atomic E-state index is 15.4. The van der Waals surface area contributed by atoms with E-state index in [4.69, 9.17) is 9.47 Å². The molecule has 1 saturated heterocycles. The highest BCUT2D eigenvalue weighted by atomic mass is 32.2. The molecule has 9 nitrogen and oxygen atoms in total. The topological polar surface area (TPSA) is 98.2 Å². The van der Waals surface area contributed by atoms with Crippen molar-refractivity contribution in [1.82, 2.24) is 9.58 Å². The van der Waals surface area contributed by atoms with Gasteiger partial charge in [0.25, 0.3) is 5.91 Å². The quantitative estimate of drug-likeness (QED) is 0.314. The van der Waals surface area contributed by atoms with Crippen molar-refractivity contribution in [3.05, 3.63) is 123 Å². The van der Waals surface area contributed by atoms with Crippen LogP contribution in [0.3, 0.4) is 0 Å². The van der Waals surface area contributed by atoms with E-state index in [1.807, 2.05) is 31.2 Å². The third-order valence-corrected chi connectivity index (χ3v) is 10.8. The standard InChI is InChI=1S/C32H27F2N3O6S2/c1-19-6-8-20(9-7-19)45(40,41)18-43-31-25(38)12-13-36-30(31)32(39)35-14-15-42-16-27(35)37(36)29-21-10-11-24(33)28(34)23(21)17-44-26-5-3-2-4-22(26)29/h2-13,27,29H,14-18H2,1H3/t27-,29+/m1/s1. The van der Waals surface area contributed by atoms with E-state index in [9.17, 15) is 22.4 Å². The zero-order valence-electron chi connectivity index (χ0n) is 24.0. The molecule has 0 aliphatic carbocycles. The maximum absolute atomic E-state index is 15.4. The second-order valence-electron chi connectivity index (χ2n) is 11.0. The van der Waals surface area contributed by atoms with E-state index >= 15 is 4.39 Å². The molecule has 0 unspecified atom stereocenters. The molecule has 2 atom stereocenters. The number of nitrogens with zero attached hydrogens (tertiary/aromatic N) is 3. The maximum Gasteiger partial charge on any atom is 0.278 e. The van der Waals surface area contributed by atoms with E-state index < -0.39 is 56.7 Å². The summed E-state index contributed by atoms with van der Waals surface area (Å²) < 4.78 is 69.3. The minimum atomic E-state index is -4.00. The third kappa shape index (κ3) is 4.99. The molecule has 45 heavy (non-hydrogen) atoms. The number of halogens is 2. The van der Waals surface area contributed by atoms with Gasteiger partial charge in [0.1, 0.15) is 6.17 Å². The SMILES string of the molecule is Cc1ccc(S(=O)(=O)COc2c3n(ccc2=O)N([C@@H]2c4ccccc4SCc4c2ccc(F)c4F)[C@@H]2COCCN2C3=O)cc1. The first kappa shape index (κ1) is 29.5. The Kier molecular flexibility index (Phi) is 7.41. The van der Waals surface area contributed by atoms with Crippen LogP contribution in [0, 0.1) is 18.6 Å². The number of amides is 1. The molecule has 1 amide bonds. The van der Waals surface area contributed by atoms with E-state index in [0.717, 1.165) is 22.1 Å². The number of aryl methyl sites for hydroxylation is 1. The van der Waals surface area contributed by atoms with Gasteiger partial charge in [-0.25, -0.2) is 17.2 Å². The first-order valence-electron chi connectivity index (χ1n) is 14.2. The van der Waals surface area contributed by atoms with Crippen molar-refractivity contribution in [3.63, 3.8) is 0 Å². The molecule has 0 N–H and O–H groups in total. The van der Waals surface area contributed by atoms with Crippen LogP contribution < -0.4 is 15.2 Å². The zero-order valence-corrected chi connectivity index (χ0v) is 25.6. The summed E-state index contributed by atoms with van der Waals surface area (Å²) in [7, 11) is -4.00. The molecule has 232 valence electrons. The highest BCUT2D eigenvalue weighted by Crippen LogP contribution is 2.45. The van der Waals surface area contributed by atoms with Crippen molar-refractivity contribution in [3.8, 4) is 5.75 Å². The van der Waals surface area contributed by atoms with Gasteiger partial charge in [-0.15, -0.1) is 11.8 Å². The number of hydrogen-bond donors (Lipinski definition) is 0. The normalized spacial score (nSPS) is 19.2. The highest BCUT2D eigenvalue weighted by molar-refractivity contribution is 7.98. The highest BCUT2D eigenvalue weighted by Gasteiger charge is 2.46.